The summed E-state index contributed by atoms with van der Waals surface area (Å²) in [6.45, 7) is 15.3. The van der Waals surface area contributed by atoms with Crippen molar-refractivity contribution in [3.05, 3.63) is 108 Å². The van der Waals surface area contributed by atoms with Crippen molar-refractivity contribution in [2.75, 3.05) is 55.7 Å². The van der Waals surface area contributed by atoms with E-state index < -0.39 is 5.60 Å². The van der Waals surface area contributed by atoms with E-state index in [1.807, 2.05) is 63.7 Å². The third-order valence-corrected chi connectivity index (χ3v) is 11.5. The van der Waals surface area contributed by atoms with Gasteiger partial charge in [-0.15, -0.1) is 0 Å². The van der Waals surface area contributed by atoms with Crippen LogP contribution in [0.4, 0.5) is 16.2 Å². The summed E-state index contributed by atoms with van der Waals surface area (Å²) in [5, 5.41) is 8.29. The number of hydrogen-bond donors (Lipinski definition) is 0. The Morgan fingerprint density at radius 2 is 1.49 bits per heavy atom. The molecule has 0 spiro atoms. The van der Waals surface area contributed by atoms with E-state index in [0.29, 0.717) is 51.5 Å². The molecule has 0 aliphatic carbocycles. The van der Waals surface area contributed by atoms with Crippen molar-refractivity contribution in [3.63, 3.8) is 0 Å². The molecule has 11 nitrogen and oxygen atoms in total. The van der Waals surface area contributed by atoms with Crippen molar-refractivity contribution in [1.29, 1.82) is 0 Å². The second-order valence-corrected chi connectivity index (χ2v) is 16.6. The molecular weight excluding hydrogens is 741 g/mol. The number of anilines is 2. The zero-order chi connectivity index (χ0) is 41.3. The molecule has 8 rings (SSSR count). The normalized spacial score (nSPS) is 14.7. The molecule has 0 radical (unpaired) electrons. The fourth-order valence-electron chi connectivity index (χ4n) is 8.83. The van der Waals surface area contributed by atoms with Crippen LogP contribution in [0.3, 0.4) is 0 Å². The van der Waals surface area contributed by atoms with Crippen LogP contribution in [0.2, 0.25) is 0 Å². The standard InChI is InChI=1S/C48H56N6O5/c1-7-57-46(55)45-39(19-12-31-58-42-20-10-15-34-14-8-9-16-37(34)42)38-17-11-18-40-43-33(2)49-50(6)41(43)32-53(25-13-26-54(45)44(38)40)36-23-21-35(22-24-36)51-27-29-52(30-28-51)47(56)59-48(3,4)5/h8-11,14-18,20-24H,7,12-13,19,25-32H2,1-6H3. The number of nitrogens with zero attached hydrogens (tertiary/aromatic N) is 6. The first kappa shape index (κ1) is 39.8. The summed E-state index contributed by atoms with van der Waals surface area (Å²) >= 11 is 0. The fourth-order valence-corrected chi connectivity index (χ4v) is 8.83. The van der Waals surface area contributed by atoms with Gasteiger partial charge in [-0.05, 0) is 95.2 Å². The van der Waals surface area contributed by atoms with Crippen molar-refractivity contribution in [2.24, 2.45) is 7.05 Å². The maximum absolute atomic E-state index is 14.0. The maximum atomic E-state index is 14.0. The predicted octanol–water partition coefficient (Wildman–Crippen LogP) is 9.16. The Kier molecular flexibility index (Phi) is 11.3. The van der Waals surface area contributed by atoms with Crippen LogP contribution in [-0.4, -0.2) is 82.8 Å². The average Bonchev–Trinajstić information content (AvgIpc) is 3.70. The molecule has 59 heavy (non-hydrogen) atoms. The molecule has 0 saturated carbocycles. The lowest BCUT2D eigenvalue weighted by molar-refractivity contribution is 0.0240. The minimum absolute atomic E-state index is 0.253. The van der Waals surface area contributed by atoms with E-state index in [9.17, 15) is 9.59 Å². The zero-order valence-corrected chi connectivity index (χ0v) is 35.3. The summed E-state index contributed by atoms with van der Waals surface area (Å²) in [7, 11) is 2.03. The molecule has 4 aromatic carbocycles. The Morgan fingerprint density at radius 3 is 2.24 bits per heavy atom. The Bertz CT molecular complexity index is 2470. The number of fused-ring (bicyclic) bond motifs is 3. The van der Waals surface area contributed by atoms with Crippen LogP contribution in [-0.2, 0) is 36.0 Å². The van der Waals surface area contributed by atoms with E-state index in [1.54, 1.807) is 4.90 Å². The summed E-state index contributed by atoms with van der Waals surface area (Å²) in [5.41, 5.74) is 8.68. The third-order valence-electron chi connectivity index (χ3n) is 11.5. The van der Waals surface area contributed by atoms with Crippen molar-refractivity contribution < 1.29 is 23.8 Å². The van der Waals surface area contributed by atoms with Crippen LogP contribution in [0.15, 0.2) is 84.9 Å². The number of rotatable bonds is 9. The van der Waals surface area contributed by atoms with Gasteiger partial charge in [0.15, 0.2) is 0 Å². The van der Waals surface area contributed by atoms with Crippen molar-refractivity contribution in [2.45, 2.75) is 72.6 Å². The summed E-state index contributed by atoms with van der Waals surface area (Å²) in [4.78, 5) is 33.3. The number of esters is 1. The molecule has 6 aromatic rings. The van der Waals surface area contributed by atoms with E-state index in [1.165, 1.54) is 0 Å². The first-order valence-electron chi connectivity index (χ1n) is 21.0. The van der Waals surface area contributed by atoms with Crippen LogP contribution in [0.25, 0.3) is 32.8 Å². The third kappa shape index (κ3) is 8.20. The highest BCUT2D eigenvalue weighted by Gasteiger charge is 2.30. The van der Waals surface area contributed by atoms with E-state index >= 15 is 0 Å². The fraction of sp³-hybridized carbons (Fsp3) is 0.396. The number of benzene rings is 4. The summed E-state index contributed by atoms with van der Waals surface area (Å²) < 4.78 is 22.0. The molecular formula is C48H56N6O5. The number of carbonyl (C=O) groups excluding carboxylic acids is 2. The Hall–Kier alpha value is -5.97. The SMILES string of the molecule is CCOC(=O)c1c(CCCOc2cccc3ccccc23)c2cccc3c2n1CCCN(c1ccc(N2CCN(C(=O)OC(C)(C)C)CC2)cc1)Cc1c-3c(C)nn1C. The quantitative estimate of drug-likeness (QED) is 0.106. The molecule has 2 aromatic heterocycles. The number of aryl methyl sites for hydroxylation is 4. The summed E-state index contributed by atoms with van der Waals surface area (Å²) in [6.07, 6.45) is 1.96. The summed E-state index contributed by atoms with van der Waals surface area (Å²) in [6, 6.07) is 29.6. The number of aromatic nitrogens is 3. The summed E-state index contributed by atoms with van der Waals surface area (Å²) in [5.74, 6) is 0.577. The molecule has 0 N–H and O–H groups in total. The van der Waals surface area contributed by atoms with Gasteiger partial charge in [0.2, 0.25) is 0 Å². The number of ether oxygens (including phenoxy) is 3. The van der Waals surface area contributed by atoms with E-state index in [2.05, 4.69) is 82.0 Å². The number of para-hydroxylation sites is 1. The van der Waals surface area contributed by atoms with Crippen LogP contribution in [0.5, 0.6) is 5.75 Å². The second kappa shape index (κ2) is 16.7. The molecule has 0 unspecified atom stereocenters. The first-order chi connectivity index (χ1) is 28.5. The lowest BCUT2D eigenvalue weighted by atomic mass is 9.97. The maximum Gasteiger partial charge on any atom is 0.410 e. The van der Waals surface area contributed by atoms with Gasteiger partial charge in [-0.25, -0.2) is 9.59 Å². The Balaban J connectivity index is 1.07. The largest absolute Gasteiger partial charge is 0.493 e. The molecule has 308 valence electrons. The van der Waals surface area contributed by atoms with Gasteiger partial charge in [0.05, 0.1) is 36.7 Å². The van der Waals surface area contributed by atoms with Crippen LogP contribution >= 0.6 is 0 Å². The van der Waals surface area contributed by atoms with Gasteiger partial charge in [-0.3, -0.25) is 4.68 Å². The van der Waals surface area contributed by atoms with Gasteiger partial charge in [-0.2, -0.15) is 5.10 Å². The molecule has 2 aliphatic rings. The molecule has 1 fully saturated rings. The van der Waals surface area contributed by atoms with Gasteiger partial charge in [0.1, 0.15) is 17.0 Å². The highest BCUT2D eigenvalue weighted by Crippen LogP contribution is 2.40. The molecule has 11 heteroatoms. The smallest absolute Gasteiger partial charge is 0.410 e. The van der Waals surface area contributed by atoms with Crippen molar-refractivity contribution >= 4 is 45.1 Å². The second-order valence-electron chi connectivity index (χ2n) is 16.6. The van der Waals surface area contributed by atoms with Crippen LogP contribution in [0.1, 0.15) is 68.0 Å². The van der Waals surface area contributed by atoms with Crippen LogP contribution < -0.4 is 14.5 Å². The molecule has 4 heterocycles. The molecule has 0 atom stereocenters. The predicted molar refractivity (Wildman–Crippen MR) is 235 cm³/mol. The Labute approximate surface area is 347 Å². The first-order valence-corrected chi connectivity index (χ1v) is 21.0. The van der Waals surface area contributed by atoms with Gasteiger partial charge < -0.3 is 33.5 Å². The number of carbonyl (C=O) groups is 2. The molecule has 0 bridgehead atoms. The van der Waals surface area contributed by atoms with Gasteiger partial charge in [0, 0.05) is 79.6 Å². The number of piperazine rings is 1. The minimum Gasteiger partial charge on any atom is -0.493 e. The Morgan fingerprint density at radius 1 is 0.797 bits per heavy atom. The van der Waals surface area contributed by atoms with Gasteiger partial charge in [0.25, 0.3) is 0 Å². The lowest BCUT2D eigenvalue weighted by Gasteiger charge is -2.37. The van der Waals surface area contributed by atoms with Crippen molar-refractivity contribution in [3.8, 4) is 16.9 Å². The van der Waals surface area contributed by atoms with Gasteiger partial charge in [-0.1, -0.05) is 54.6 Å². The van der Waals surface area contributed by atoms with E-state index in [4.69, 9.17) is 19.3 Å². The lowest BCUT2D eigenvalue weighted by Crippen LogP contribution is -2.50. The zero-order valence-electron chi connectivity index (χ0n) is 35.3. The molecule has 2 aliphatic heterocycles. The molecule has 1 amide bonds. The minimum atomic E-state index is -0.512. The number of hydrogen-bond acceptors (Lipinski definition) is 8. The molecule has 1 saturated heterocycles. The monoisotopic (exact) mass is 796 g/mol. The van der Waals surface area contributed by atoms with Crippen LogP contribution in [0, 0.1) is 6.92 Å². The topological polar surface area (TPSA) is 94.3 Å². The number of amides is 1. The van der Waals surface area contributed by atoms with Crippen molar-refractivity contribution in [1.82, 2.24) is 19.2 Å². The highest BCUT2D eigenvalue weighted by molar-refractivity contribution is 6.05. The van der Waals surface area contributed by atoms with E-state index in [0.717, 1.165) is 99.4 Å². The highest BCUT2D eigenvalue weighted by atomic mass is 16.6. The van der Waals surface area contributed by atoms with E-state index in [-0.39, 0.29) is 12.1 Å². The average molecular weight is 797 g/mol. The van der Waals surface area contributed by atoms with Gasteiger partial charge >= 0.3 is 12.1 Å².